The van der Waals surface area contributed by atoms with E-state index in [9.17, 15) is 22.8 Å². The Morgan fingerprint density at radius 3 is 2.83 bits per heavy atom. The molecule has 2 aromatic rings. The molecular formula is C16H13F3N2O3. The number of rotatable bonds is 3. The van der Waals surface area contributed by atoms with Crippen LogP contribution < -0.4 is 15.6 Å². The van der Waals surface area contributed by atoms with Crippen LogP contribution in [0.2, 0.25) is 0 Å². The molecule has 0 spiro atoms. The number of ether oxygens (including phenoxy) is 1. The molecule has 2 N–H and O–H groups in total. The second-order valence-electron chi connectivity index (χ2n) is 5.39. The first-order valence-corrected chi connectivity index (χ1v) is 7.17. The number of amides is 1. The minimum Gasteiger partial charge on any atom is -0.493 e. The predicted molar refractivity (Wildman–Crippen MR) is 80.0 cm³/mol. The van der Waals surface area contributed by atoms with Gasteiger partial charge in [0.2, 0.25) is 5.91 Å². The van der Waals surface area contributed by atoms with Gasteiger partial charge in [0.15, 0.2) is 0 Å². The minimum absolute atomic E-state index is 0.0526. The molecule has 0 unspecified atom stereocenters. The molecule has 0 radical (unpaired) electrons. The van der Waals surface area contributed by atoms with E-state index in [2.05, 4.69) is 5.32 Å². The number of nitrogens with one attached hydrogen (secondary N) is 2. The van der Waals surface area contributed by atoms with Crippen molar-refractivity contribution in [3.05, 3.63) is 57.5 Å². The van der Waals surface area contributed by atoms with E-state index >= 15 is 0 Å². The summed E-state index contributed by atoms with van der Waals surface area (Å²) in [7, 11) is 0. The Morgan fingerprint density at radius 1 is 1.29 bits per heavy atom. The first kappa shape index (κ1) is 16.1. The molecule has 0 saturated carbocycles. The lowest BCUT2D eigenvalue weighted by Crippen LogP contribution is -2.22. The fourth-order valence-corrected chi connectivity index (χ4v) is 2.47. The van der Waals surface area contributed by atoms with Crippen LogP contribution >= 0.6 is 0 Å². The topological polar surface area (TPSA) is 71.2 Å². The zero-order valence-electron chi connectivity index (χ0n) is 12.4. The maximum Gasteiger partial charge on any atom is 0.417 e. The zero-order valence-corrected chi connectivity index (χ0v) is 12.4. The van der Waals surface area contributed by atoms with Gasteiger partial charge in [-0.25, -0.2) is 0 Å². The molecule has 24 heavy (non-hydrogen) atoms. The zero-order chi connectivity index (χ0) is 17.3. The van der Waals surface area contributed by atoms with Gasteiger partial charge in [0, 0.05) is 12.6 Å². The minimum atomic E-state index is -4.61. The van der Waals surface area contributed by atoms with Crippen LogP contribution in [-0.2, 0) is 23.8 Å². The lowest BCUT2D eigenvalue weighted by molar-refractivity contribution is -0.137. The van der Waals surface area contributed by atoms with Gasteiger partial charge in [0.1, 0.15) is 11.4 Å². The molecule has 1 aliphatic heterocycles. The van der Waals surface area contributed by atoms with E-state index in [0.29, 0.717) is 24.4 Å². The summed E-state index contributed by atoms with van der Waals surface area (Å²) < 4.78 is 43.4. The van der Waals surface area contributed by atoms with E-state index in [0.717, 1.165) is 17.7 Å². The number of aromatic amines is 1. The van der Waals surface area contributed by atoms with Gasteiger partial charge in [-0.3, -0.25) is 9.59 Å². The van der Waals surface area contributed by atoms with Crippen molar-refractivity contribution in [1.82, 2.24) is 4.98 Å². The second-order valence-corrected chi connectivity index (χ2v) is 5.39. The van der Waals surface area contributed by atoms with E-state index in [4.69, 9.17) is 4.74 Å². The average Bonchev–Trinajstić information content (AvgIpc) is 2.96. The largest absolute Gasteiger partial charge is 0.493 e. The number of carbonyl (C=O) groups is 1. The summed E-state index contributed by atoms with van der Waals surface area (Å²) in [6.45, 7) is 0.588. The van der Waals surface area contributed by atoms with Gasteiger partial charge in [-0.05, 0) is 23.3 Å². The van der Waals surface area contributed by atoms with Crippen molar-refractivity contribution in [1.29, 1.82) is 0 Å². The highest BCUT2D eigenvalue weighted by Gasteiger charge is 2.31. The van der Waals surface area contributed by atoms with Crippen LogP contribution in [-0.4, -0.2) is 17.5 Å². The maximum atomic E-state index is 12.7. The monoisotopic (exact) mass is 338 g/mol. The van der Waals surface area contributed by atoms with Crippen molar-refractivity contribution in [2.45, 2.75) is 19.0 Å². The fraction of sp³-hybridized carbons (Fsp3) is 0.250. The highest BCUT2D eigenvalue weighted by atomic mass is 19.4. The molecule has 0 bridgehead atoms. The van der Waals surface area contributed by atoms with E-state index in [1.807, 2.05) is 11.1 Å². The van der Waals surface area contributed by atoms with Crippen molar-refractivity contribution in [3.8, 4) is 5.75 Å². The average molecular weight is 338 g/mol. The van der Waals surface area contributed by atoms with Crippen molar-refractivity contribution < 1.29 is 22.7 Å². The summed E-state index contributed by atoms with van der Waals surface area (Å²) in [6.07, 6.45) is -3.34. The molecule has 1 aromatic carbocycles. The lowest BCUT2D eigenvalue weighted by Gasteiger charge is -2.09. The summed E-state index contributed by atoms with van der Waals surface area (Å²) >= 11 is 0. The molecule has 8 heteroatoms. The highest BCUT2D eigenvalue weighted by molar-refractivity contribution is 5.92. The third-order valence-electron chi connectivity index (χ3n) is 3.62. The van der Waals surface area contributed by atoms with Crippen molar-refractivity contribution in [3.63, 3.8) is 0 Å². The number of pyridine rings is 1. The third kappa shape index (κ3) is 3.42. The van der Waals surface area contributed by atoms with Crippen LogP contribution in [0.25, 0.3) is 0 Å². The third-order valence-corrected chi connectivity index (χ3v) is 3.62. The molecule has 3 rings (SSSR count). The number of alkyl halides is 3. The summed E-state index contributed by atoms with van der Waals surface area (Å²) in [4.78, 5) is 25.6. The maximum absolute atomic E-state index is 12.7. The Balaban J connectivity index is 1.74. The Morgan fingerprint density at radius 2 is 2.08 bits per heavy atom. The molecule has 1 aliphatic rings. The van der Waals surface area contributed by atoms with E-state index in [-0.39, 0.29) is 6.42 Å². The number of fused-ring (bicyclic) bond motifs is 1. The van der Waals surface area contributed by atoms with Crippen LogP contribution in [0, 0.1) is 0 Å². The molecule has 2 heterocycles. The lowest BCUT2D eigenvalue weighted by atomic mass is 10.1. The van der Waals surface area contributed by atoms with Crippen LogP contribution in [0.15, 0.2) is 35.3 Å². The number of H-pyrrole nitrogens is 1. The highest BCUT2D eigenvalue weighted by Crippen LogP contribution is 2.29. The van der Waals surface area contributed by atoms with Gasteiger partial charge in [-0.2, -0.15) is 13.2 Å². The smallest absolute Gasteiger partial charge is 0.417 e. The van der Waals surface area contributed by atoms with Crippen molar-refractivity contribution in [2.75, 3.05) is 11.9 Å². The molecule has 0 fully saturated rings. The molecule has 1 amide bonds. The van der Waals surface area contributed by atoms with E-state index in [1.165, 1.54) is 0 Å². The van der Waals surface area contributed by atoms with Crippen LogP contribution in [0.4, 0.5) is 18.9 Å². The Kier molecular flexibility index (Phi) is 4.04. The van der Waals surface area contributed by atoms with Gasteiger partial charge >= 0.3 is 6.18 Å². The second kappa shape index (κ2) is 6.03. The number of halogens is 3. The Hall–Kier alpha value is -2.77. The fourth-order valence-electron chi connectivity index (χ4n) is 2.47. The molecule has 126 valence electrons. The SMILES string of the molecule is O=C(Cc1ccc2c(c1)CCO2)Nc1cc(C(F)(F)F)c[nH]c1=O. The van der Waals surface area contributed by atoms with Gasteiger partial charge in [-0.15, -0.1) is 0 Å². The summed E-state index contributed by atoms with van der Waals surface area (Å²) in [6, 6.07) is 5.90. The molecule has 1 aromatic heterocycles. The normalized spacial score (nSPS) is 13.3. The molecule has 5 nitrogen and oxygen atoms in total. The van der Waals surface area contributed by atoms with Gasteiger partial charge in [-0.1, -0.05) is 12.1 Å². The van der Waals surface area contributed by atoms with Gasteiger partial charge < -0.3 is 15.0 Å². The molecular weight excluding hydrogens is 325 g/mol. The number of benzene rings is 1. The van der Waals surface area contributed by atoms with Gasteiger partial charge in [0.25, 0.3) is 5.56 Å². The van der Waals surface area contributed by atoms with E-state index in [1.54, 1.807) is 12.1 Å². The first-order chi connectivity index (χ1) is 11.3. The van der Waals surface area contributed by atoms with E-state index < -0.39 is 28.9 Å². The number of carbonyl (C=O) groups excluding carboxylic acids is 1. The van der Waals surface area contributed by atoms with Crippen LogP contribution in [0.5, 0.6) is 5.75 Å². The molecule has 0 aliphatic carbocycles. The predicted octanol–water partition coefficient (Wildman–Crippen LogP) is 2.51. The first-order valence-electron chi connectivity index (χ1n) is 7.17. The molecule has 0 atom stereocenters. The summed E-state index contributed by atoms with van der Waals surface area (Å²) in [5.41, 5.74) is -0.581. The van der Waals surface area contributed by atoms with Gasteiger partial charge in [0.05, 0.1) is 18.6 Å². The molecule has 0 saturated heterocycles. The summed E-state index contributed by atoms with van der Waals surface area (Å²) in [5.74, 6) is 0.201. The number of hydrogen-bond donors (Lipinski definition) is 2. The van der Waals surface area contributed by atoms with Crippen LogP contribution in [0.1, 0.15) is 16.7 Å². The standard InChI is InChI=1S/C16H13F3N2O3/c17-16(18,19)11-7-12(15(23)20-8-11)21-14(22)6-9-1-2-13-10(5-9)3-4-24-13/h1-2,5,7-8H,3-4,6H2,(H,20,23)(H,21,22). The quantitative estimate of drug-likeness (QED) is 0.903. The van der Waals surface area contributed by atoms with Crippen molar-refractivity contribution in [2.24, 2.45) is 0 Å². The Bertz CT molecular complexity index is 843. The number of hydrogen-bond acceptors (Lipinski definition) is 3. The summed E-state index contributed by atoms with van der Waals surface area (Å²) in [5, 5.41) is 2.22. The number of anilines is 1. The van der Waals surface area contributed by atoms with Crippen molar-refractivity contribution >= 4 is 11.6 Å². The van der Waals surface area contributed by atoms with Crippen LogP contribution in [0.3, 0.4) is 0 Å². The number of aromatic nitrogens is 1. The Labute approximate surface area is 134 Å².